The van der Waals surface area contributed by atoms with Crippen molar-refractivity contribution in [1.82, 2.24) is 0 Å². The summed E-state index contributed by atoms with van der Waals surface area (Å²) in [4.78, 5) is 12.4. The van der Waals surface area contributed by atoms with Gasteiger partial charge in [-0.1, -0.05) is 44.9 Å². The van der Waals surface area contributed by atoms with Crippen LogP contribution in [0, 0.1) is 8.99 Å². The van der Waals surface area contributed by atoms with E-state index < -0.39 is 5.41 Å². The topological polar surface area (TPSA) is 26.3 Å². The second kappa shape index (κ2) is 8.14. The molecule has 1 aromatic rings. The number of allylic oxidation sites excluding steroid dienone is 1. The summed E-state index contributed by atoms with van der Waals surface area (Å²) in [5.74, 6) is -0.155. The van der Waals surface area contributed by atoms with Crippen molar-refractivity contribution in [2.45, 2.75) is 51.9 Å². The number of benzene rings is 1. The van der Waals surface area contributed by atoms with Crippen LogP contribution in [0.15, 0.2) is 36.9 Å². The average Bonchev–Trinajstić information content (AvgIpc) is 2.50. The number of unbranched alkanes of at least 4 members (excludes halogenated alkanes) is 1. The molecule has 1 rings (SSSR count). The molecule has 122 valence electrons. The van der Waals surface area contributed by atoms with Gasteiger partial charge in [-0.3, -0.25) is 4.79 Å². The number of carbonyl (C=O) groups is 1. The van der Waals surface area contributed by atoms with Gasteiger partial charge in [-0.15, -0.1) is 6.58 Å². The molecule has 0 saturated heterocycles. The van der Waals surface area contributed by atoms with E-state index in [1.165, 1.54) is 7.11 Å². The van der Waals surface area contributed by atoms with Gasteiger partial charge in [-0.25, -0.2) is 0 Å². The quantitative estimate of drug-likeness (QED) is 0.243. The summed E-state index contributed by atoms with van der Waals surface area (Å²) in [7, 11) is 1.47. The van der Waals surface area contributed by atoms with Crippen LogP contribution in [0.4, 0.5) is 0 Å². The second-order valence-electron chi connectivity index (χ2n) is 6.73. The molecule has 0 saturated carbocycles. The SMILES string of the molecule is C=CC(C)(C)CCCCC(C)(C(=O)OC)c1cccc(I)c1. The molecule has 0 N–H and O–H groups in total. The predicted molar refractivity (Wildman–Crippen MR) is 101 cm³/mol. The zero-order valence-electron chi connectivity index (χ0n) is 14.1. The smallest absolute Gasteiger partial charge is 0.315 e. The number of hydrogen-bond acceptors (Lipinski definition) is 2. The van der Waals surface area contributed by atoms with Crippen LogP contribution < -0.4 is 0 Å². The molecule has 0 amide bonds. The fourth-order valence-electron chi connectivity index (χ4n) is 2.58. The van der Waals surface area contributed by atoms with E-state index in [9.17, 15) is 4.79 Å². The third-order valence-electron chi connectivity index (χ3n) is 4.40. The first-order valence-corrected chi connectivity index (χ1v) is 8.81. The van der Waals surface area contributed by atoms with Gasteiger partial charge in [0.25, 0.3) is 0 Å². The van der Waals surface area contributed by atoms with Gasteiger partial charge in [0.1, 0.15) is 0 Å². The third kappa shape index (κ3) is 5.11. The number of methoxy groups -OCH3 is 1. The van der Waals surface area contributed by atoms with E-state index in [-0.39, 0.29) is 11.4 Å². The van der Waals surface area contributed by atoms with E-state index in [1.807, 2.05) is 31.2 Å². The first-order chi connectivity index (χ1) is 10.2. The Bertz CT molecular complexity index is 522. The van der Waals surface area contributed by atoms with E-state index in [0.29, 0.717) is 0 Å². The van der Waals surface area contributed by atoms with Gasteiger partial charge in [0, 0.05) is 3.57 Å². The maximum atomic E-state index is 12.4. The highest BCUT2D eigenvalue weighted by molar-refractivity contribution is 14.1. The Morgan fingerprint density at radius 2 is 1.91 bits per heavy atom. The number of ether oxygens (including phenoxy) is 1. The molecule has 0 spiro atoms. The van der Waals surface area contributed by atoms with Crippen LogP contribution in [-0.4, -0.2) is 13.1 Å². The first kappa shape index (κ1) is 19.2. The minimum Gasteiger partial charge on any atom is -0.468 e. The van der Waals surface area contributed by atoms with Gasteiger partial charge in [0.15, 0.2) is 0 Å². The number of hydrogen-bond donors (Lipinski definition) is 0. The molecule has 3 heteroatoms. The van der Waals surface area contributed by atoms with Crippen LogP contribution in [0.1, 0.15) is 52.0 Å². The Morgan fingerprint density at radius 3 is 2.45 bits per heavy atom. The highest BCUT2D eigenvalue weighted by atomic mass is 127. The molecule has 0 aromatic heterocycles. The van der Waals surface area contributed by atoms with Gasteiger partial charge in [-0.2, -0.15) is 0 Å². The number of rotatable bonds is 8. The van der Waals surface area contributed by atoms with Crippen LogP contribution in [0.3, 0.4) is 0 Å². The summed E-state index contributed by atoms with van der Waals surface area (Å²) in [6, 6.07) is 8.13. The van der Waals surface area contributed by atoms with Crippen molar-refractivity contribution in [3.63, 3.8) is 0 Å². The number of esters is 1. The molecule has 0 fully saturated rings. The van der Waals surface area contributed by atoms with Crippen LogP contribution in [0.5, 0.6) is 0 Å². The van der Waals surface area contributed by atoms with Gasteiger partial charge in [0.05, 0.1) is 12.5 Å². The Labute approximate surface area is 148 Å². The maximum absolute atomic E-state index is 12.4. The zero-order chi connectivity index (χ0) is 16.8. The van der Waals surface area contributed by atoms with Crippen LogP contribution in [-0.2, 0) is 14.9 Å². The zero-order valence-corrected chi connectivity index (χ0v) is 16.3. The Morgan fingerprint density at radius 1 is 1.27 bits per heavy atom. The second-order valence-corrected chi connectivity index (χ2v) is 7.98. The largest absolute Gasteiger partial charge is 0.468 e. The van der Waals surface area contributed by atoms with E-state index in [4.69, 9.17) is 4.74 Å². The van der Waals surface area contributed by atoms with Crippen molar-refractivity contribution in [3.05, 3.63) is 46.1 Å². The normalized spacial score (nSPS) is 14.2. The molecule has 1 unspecified atom stereocenters. The molecule has 22 heavy (non-hydrogen) atoms. The van der Waals surface area contributed by atoms with Crippen molar-refractivity contribution in [2.24, 2.45) is 5.41 Å². The predicted octanol–water partition coefficient (Wildman–Crippen LogP) is 5.49. The first-order valence-electron chi connectivity index (χ1n) is 7.73. The highest BCUT2D eigenvalue weighted by Gasteiger charge is 2.36. The molecule has 0 aliphatic carbocycles. The lowest BCUT2D eigenvalue weighted by Gasteiger charge is -2.28. The van der Waals surface area contributed by atoms with Gasteiger partial charge in [0.2, 0.25) is 0 Å². The Balaban J connectivity index is 2.81. The van der Waals surface area contributed by atoms with Crippen molar-refractivity contribution in [3.8, 4) is 0 Å². The van der Waals surface area contributed by atoms with Gasteiger partial charge < -0.3 is 4.74 Å². The highest BCUT2D eigenvalue weighted by Crippen LogP contribution is 2.33. The molecule has 1 atom stereocenters. The van der Waals surface area contributed by atoms with Crippen molar-refractivity contribution >= 4 is 28.6 Å². The number of carbonyl (C=O) groups excluding carboxylic acids is 1. The lowest BCUT2D eigenvalue weighted by molar-refractivity contribution is -0.147. The summed E-state index contributed by atoms with van der Waals surface area (Å²) < 4.78 is 6.21. The third-order valence-corrected chi connectivity index (χ3v) is 5.07. The molecule has 2 nitrogen and oxygen atoms in total. The fraction of sp³-hybridized carbons (Fsp3) is 0.526. The average molecular weight is 414 g/mol. The molecule has 0 heterocycles. The van der Waals surface area contributed by atoms with E-state index in [0.717, 1.165) is 34.8 Å². The van der Waals surface area contributed by atoms with Crippen molar-refractivity contribution in [2.75, 3.05) is 7.11 Å². The fourth-order valence-corrected chi connectivity index (χ4v) is 3.13. The van der Waals surface area contributed by atoms with Crippen molar-refractivity contribution in [1.29, 1.82) is 0 Å². The van der Waals surface area contributed by atoms with Crippen LogP contribution >= 0.6 is 22.6 Å². The molecule has 0 aliphatic heterocycles. The minimum atomic E-state index is -0.575. The molecule has 1 aromatic carbocycles. The van der Waals surface area contributed by atoms with Crippen LogP contribution in [0.25, 0.3) is 0 Å². The molecular weight excluding hydrogens is 387 g/mol. The molecule has 0 aliphatic rings. The van der Waals surface area contributed by atoms with E-state index >= 15 is 0 Å². The summed E-state index contributed by atoms with van der Waals surface area (Å²) in [6.07, 6.45) is 5.96. The van der Waals surface area contributed by atoms with E-state index in [1.54, 1.807) is 0 Å². The number of halogens is 1. The molecule has 0 bridgehead atoms. The maximum Gasteiger partial charge on any atom is 0.315 e. The van der Waals surface area contributed by atoms with Crippen LogP contribution in [0.2, 0.25) is 0 Å². The minimum absolute atomic E-state index is 0.155. The van der Waals surface area contributed by atoms with Crippen molar-refractivity contribution < 1.29 is 9.53 Å². The molecule has 0 radical (unpaired) electrons. The Hall–Kier alpha value is -0.840. The summed E-state index contributed by atoms with van der Waals surface area (Å²) in [6.45, 7) is 10.3. The lowest BCUT2D eigenvalue weighted by Crippen LogP contribution is -2.34. The summed E-state index contributed by atoms with van der Waals surface area (Å²) >= 11 is 2.28. The monoisotopic (exact) mass is 414 g/mol. The summed E-state index contributed by atoms with van der Waals surface area (Å²) in [5.41, 5.74) is 0.618. The van der Waals surface area contributed by atoms with E-state index in [2.05, 4.69) is 49.1 Å². The van der Waals surface area contributed by atoms with Gasteiger partial charge in [-0.05, 0) is 65.5 Å². The lowest BCUT2D eigenvalue weighted by atomic mass is 9.77. The standard InChI is InChI=1S/C19H27IO2/c1-6-18(2,3)12-7-8-13-19(4,17(21)22-5)15-10-9-11-16(20)14-15/h6,9-11,14H,1,7-8,12-13H2,2-5H3. The summed E-state index contributed by atoms with van der Waals surface area (Å²) in [5, 5.41) is 0. The van der Waals surface area contributed by atoms with Gasteiger partial charge >= 0.3 is 5.97 Å². The Kier molecular flexibility index (Phi) is 7.10. The molecular formula is C19H27IO2.